The van der Waals surface area contributed by atoms with Gasteiger partial charge in [-0.25, -0.2) is 13.2 Å². The van der Waals surface area contributed by atoms with Gasteiger partial charge in [-0.05, 0) is 43.9 Å². The molecule has 0 aromatic heterocycles. The van der Waals surface area contributed by atoms with Gasteiger partial charge < -0.3 is 4.74 Å². The van der Waals surface area contributed by atoms with Gasteiger partial charge in [0.15, 0.2) is 0 Å². The number of nitrogens with one attached hydrogen (secondary N) is 1. The van der Waals surface area contributed by atoms with Crippen molar-refractivity contribution >= 4 is 27.5 Å². The molecule has 0 radical (unpaired) electrons. The molecule has 1 amide bonds. The van der Waals surface area contributed by atoms with E-state index >= 15 is 0 Å². The van der Waals surface area contributed by atoms with Gasteiger partial charge >= 0.3 is 6.09 Å². The van der Waals surface area contributed by atoms with Crippen LogP contribution in [-0.4, -0.2) is 32.9 Å². The monoisotopic (exact) mass is 398 g/mol. The fraction of sp³-hybridized carbons (Fsp3) is 0.650. The average Bonchev–Trinajstić information content (AvgIpc) is 2.64. The van der Waals surface area contributed by atoms with E-state index in [1.54, 1.807) is 29.2 Å². The number of carbonyl (C=O) groups is 1. The number of hydrogen-bond donors (Lipinski definition) is 1. The molecule has 0 spiro atoms. The number of sulfonamides is 1. The normalized spacial score (nSPS) is 12.4. The smallest absolute Gasteiger partial charge is 0.414 e. The molecular weight excluding hydrogens is 364 g/mol. The molecule has 0 fully saturated rings. The van der Waals surface area contributed by atoms with Crippen molar-refractivity contribution in [3.05, 3.63) is 24.3 Å². The molecule has 0 bridgehead atoms. The maximum Gasteiger partial charge on any atom is 0.414 e. The Balaban J connectivity index is 3.04. The molecule has 1 unspecified atom stereocenters. The Morgan fingerprint density at radius 2 is 1.89 bits per heavy atom. The van der Waals surface area contributed by atoms with Crippen LogP contribution in [0.15, 0.2) is 24.3 Å². The number of hydrogen-bond acceptors (Lipinski definition) is 4. The van der Waals surface area contributed by atoms with Crippen LogP contribution in [0.1, 0.15) is 66.2 Å². The zero-order valence-corrected chi connectivity index (χ0v) is 17.8. The third kappa shape index (κ3) is 7.40. The van der Waals surface area contributed by atoms with E-state index in [4.69, 9.17) is 4.74 Å². The highest BCUT2D eigenvalue weighted by Crippen LogP contribution is 2.24. The first kappa shape index (κ1) is 23.3. The summed E-state index contributed by atoms with van der Waals surface area (Å²) in [6.07, 6.45) is 4.14. The molecule has 0 heterocycles. The molecule has 0 saturated carbocycles. The van der Waals surface area contributed by atoms with Gasteiger partial charge in [0.05, 0.1) is 17.5 Å². The van der Waals surface area contributed by atoms with Gasteiger partial charge in [-0.2, -0.15) is 0 Å². The van der Waals surface area contributed by atoms with Crippen molar-refractivity contribution in [1.82, 2.24) is 0 Å². The molecule has 1 aromatic carbocycles. The maximum atomic E-state index is 12.6. The third-order valence-corrected chi connectivity index (χ3v) is 6.28. The van der Waals surface area contributed by atoms with Gasteiger partial charge in [-0.3, -0.25) is 9.62 Å². The van der Waals surface area contributed by atoms with Crippen LogP contribution in [0.3, 0.4) is 0 Å². The number of benzene rings is 1. The van der Waals surface area contributed by atoms with Gasteiger partial charge in [0.25, 0.3) is 0 Å². The van der Waals surface area contributed by atoms with Crippen molar-refractivity contribution in [3.63, 3.8) is 0 Å². The Hall–Kier alpha value is -1.76. The zero-order valence-electron chi connectivity index (χ0n) is 17.0. The first-order valence-corrected chi connectivity index (χ1v) is 11.5. The minimum atomic E-state index is -3.47. The molecule has 6 nitrogen and oxygen atoms in total. The van der Waals surface area contributed by atoms with E-state index in [0.717, 1.165) is 25.7 Å². The predicted octanol–water partition coefficient (Wildman–Crippen LogP) is 5.16. The van der Waals surface area contributed by atoms with Crippen LogP contribution in [0.5, 0.6) is 0 Å². The molecule has 7 heteroatoms. The molecule has 0 aliphatic heterocycles. The van der Waals surface area contributed by atoms with E-state index in [-0.39, 0.29) is 0 Å². The molecule has 0 aliphatic carbocycles. The first-order valence-electron chi connectivity index (χ1n) is 9.95. The Morgan fingerprint density at radius 1 is 1.15 bits per heavy atom. The van der Waals surface area contributed by atoms with Gasteiger partial charge in [0, 0.05) is 12.2 Å². The van der Waals surface area contributed by atoms with E-state index in [9.17, 15) is 13.2 Å². The minimum absolute atomic E-state index is 0.364. The summed E-state index contributed by atoms with van der Waals surface area (Å²) in [5.41, 5.74) is 1.10. The fourth-order valence-electron chi connectivity index (χ4n) is 2.79. The lowest BCUT2D eigenvalue weighted by Gasteiger charge is -2.23. The summed E-state index contributed by atoms with van der Waals surface area (Å²) in [5, 5.41) is -0.420. The molecule has 1 N–H and O–H groups in total. The molecule has 27 heavy (non-hydrogen) atoms. The number of rotatable bonds is 12. The van der Waals surface area contributed by atoms with Crippen LogP contribution < -0.4 is 9.62 Å². The standard InChI is InChI=1S/C20H34N2O4S/c1-5-9-14-22(20(23)26-15-7-3)18-13-10-12-17(16-18)21-27(24,25)19(8-4)11-6-2/h10,12-13,16,19,21H,5-9,11,14-15H2,1-4H3. The van der Waals surface area contributed by atoms with E-state index in [1.165, 1.54) is 0 Å². The second kappa shape index (κ2) is 11.8. The summed E-state index contributed by atoms with van der Waals surface area (Å²) in [4.78, 5) is 14.0. The van der Waals surface area contributed by atoms with Gasteiger partial charge in [-0.1, -0.05) is 46.6 Å². The Bertz CT molecular complexity index is 676. The van der Waals surface area contributed by atoms with Crippen molar-refractivity contribution in [2.75, 3.05) is 22.8 Å². The molecule has 1 atom stereocenters. The highest BCUT2D eigenvalue weighted by molar-refractivity contribution is 7.93. The van der Waals surface area contributed by atoms with E-state index in [0.29, 0.717) is 37.4 Å². The van der Waals surface area contributed by atoms with Crippen molar-refractivity contribution in [3.8, 4) is 0 Å². The van der Waals surface area contributed by atoms with Crippen molar-refractivity contribution in [2.24, 2.45) is 0 Å². The molecule has 154 valence electrons. The Labute approximate surface area is 164 Å². The van der Waals surface area contributed by atoms with Crippen LogP contribution in [0.4, 0.5) is 16.2 Å². The molecule has 0 saturated heterocycles. The average molecular weight is 399 g/mol. The third-order valence-electron chi connectivity index (χ3n) is 4.31. The number of carbonyl (C=O) groups excluding carboxylic acids is 1. The summed E-state index contributed by atoms with van der Waals surface area (Å²) in [6, 6.07) is 6.94. The lowest BCUT2D eigenvalue weighted by molar-refractivity contribution is 0.153. The van der Waals surface area contributed by atoms with Crippen molar-refractivity contribution in [2.45, 2.75) is 71.5 Å². The lowest BCUT2D eigenvalue weighted by atomic mass is 10.2. The number of unbranched alkanes of at least 4 members (excludes halogenated alkanes) is 1. The Kier molecular flexibility index (Phi) is 10.2. The van der Waals surface area contributed by atoms with Gasteiger partial charge in [-0.15, -0.1) is 0 Å². The zero-order chi connectivity index (χ0) is 20.3. The lowest BCUT2D eigenvalue weighted by Crippen LogP contribution is -2.33. The van der Waals surface area contributed by atoms with Crippen LogP contribution in [0, 0.1) is 0 Å². The fourth-order valence-corrected chi connectivity index (χ4v) is 4.40. The maximum absolute atomic E-state index is 12.6. The van der Waals surface area contributed by atoms with Gasteiger partial charge in [0.2, 0.25) is 10.0 Å². The molecule has 0 aliphatic rings. The highest BCUT2D eigenvalue weighted by atomic mass is 32.2. The SMILES string of the molecule is CCCCN(C(=O)OCCC)c1cccc(NS(=O)(=O)C(CC)CCC)c1. The van der Waals surface area contributed by atoms with E-state index in [1.807, 2.05) is 20.8 Å². The van der Waals surface area contributed by atoms with E-state index in [2.05, 4.69) is 11.6 Å². The molecule has 1 aromatic rings. The summed E-state index contributed by atoms with van der Waals surface area (Å²) in [5.74, 6) is 0. The van der Waals surface area contributed by atoms with Crippen molar-refractivity contribution < 1.29 is 17.9 Å². The summed E-state index contributed by atoms with van der Waals surface area (Å²) >= 11 is 0. The summed E-state index contributed by atoms with van der Waals surface area (Å²) < 4.78 is 33.2. The Morgan fingerprint density at radius 3 is 2.48 bits per heavy atom. The number of ether oxygens (including phenoxy) is 1. The molecular formula is C20H34N2O4S. The largest absolute Gasteiger partial charge is 0.449 e. The number of amides is 1. The minimum Gasteiger partial charge on any atom is -0.449 e. The second-order valence-electron chi connectivity index (χ2n) is 6.64. The topological polar surface area (TPSA) is 75.7 Å². The van der Waals surface area contributed by atoms with E-state index < -0.39 is 21.4 Å². The van der Waals surface area contributed by atoms with Crippen LogP contribution in [-0.2, 0) is 14.8 Å². The quantitative estimate of drug-likeness (QED) is 0.527. The molecule has 1 rings (SSSR count). The summed E-state index contributed by atoms with van der Waals surface area (Å²) in [6.45, 7) is 8.75. The second-order valence-corrected chi connectivity index (χ2v) is 8.60. The van der Waals surface area contributed by atoms with Crippen LogP contribution in [0.25, 0.3) is 0 Å². The highest BCUT2D eigenvalue weighted by Gasteiger charge is 2.23. The van der Waals surface area contributed by atoms with Gasteiger partial charge in [0.1, 0.15) is 0 Å². The predicted molar refractivity (Wildman–Crippen MR) is 112 cm³/mol. The number of anilines is 2. The van der Waals surface area contributed by atoms with Crippen molar-refractivity contribution in [1.29, 1.82) is 0 Å². The van der Waals surface area contributed by atoms with Crippen LogP contribution in [0.2, 0.25) is 0 Å². The number of nitrogens with zero attached hydrogens (tertiary/aromatic N) is 1. The first-order chi connectivity index (χ1) is 12.9. The van der Waals surface area contributed by atoms with Crippen LogP contribution >= 0.6 is 0 Å². The summed E-state index contributed by atoms with van der Waals surface area (Å²) in [7, 11) is -3.47.